The second-order valence-electron chi connectivity index (χ2n) is 10.9. The van der Waals surface area contributed by atoms with Gasteiger partial charge in [-0.2, -0.15) is 0 Å². The van der Waals surface area contributed by atoms with E-state index in [1.807, 2.05) is 51.4 Å². The van der Waals surface area contributed by atoms with Crippen LogP contribution in [0.15, 0.2) is 43.0 Å². The van der Waals surface area contributed by atoms with Crippen LogP contribution in [-0.2, 0) is 4.74 Å². The molecule has 0 bridgehead atoms. The summed E-state index contributed by atoms with van der Waals surface area (Å²) in [5.74, 6) is 1.69. The van der Waals surface area contributed by atoms with Crippen molar-refractivity contribution in [1.82, 2.24) is 30.2 Å². The second kappa shape index (κ2) is 9.97. The molecule has 2 fully saturated rings. The number of fused-ring (bicyclic) bond motifs is 1. The summed E-state index contributed by atoms with van der Waals surface area (Å²) >= 11 is 0. The van der Waals surface area contributed by atoms with E-state index >= 15 is 0 Å². The van der Waals surface area contributed by atoms with Crippen molar-refractivity contribution in [3.63, 3.8) is 0 Å². The molecule has 0 unspecified atom stereocenters. The summed E-state index contributed by atoms with van der Waals surface area (Å²) in [7, 11) is 0. The molecular weight excluding hydrogens is 454 g/mol. The smallest absolute Gasteiger partial charge is 0.407 e. The number of carbonyl (C=O) groups excluding carboxylic acids is 1. The minimum atomic E-state index is -0.472. The molecule has 5 rings (SSSR count). The zero-order valence-corrected chi connectivity index (χ0v) is 21.4. The van der Waals surface area contributed by atoms with E-state index in [4.69, 9.17) is 14.7 Å². The third-order valence-electron chi connectivity index (χ3n) is 7.15. The summed E-state index contributed by atoms with van der Waals surface area (Å²) in [5, 5.41) is 3.93. The predicted molar refractivity (Wildman–Crippen MR) is 140 cm³/mol. The number of anilines is 1. The number of amides is 1. The Bertz CT molecular complexity index is 1200. The molecule has 2 aliphatic heterocycles. The van der Waals surface area contributed by atoms with Crippen LogP contribution in [0.4, 0.5) is 10.6 Å². The molecule has 0 atom stereocenters. The van der Waals surface area contributed by atoms with Gasteiger partial charge in [-0.1, -0.05) is 0 Å². The number of carbonyl (C=O) groups is 1. The van der Waals surface area contributed by atoms with Gasteiger partial charge in [-0.05, 0) is 70.2 Å². The van der Waals surface area contributed by atoms with Crippen molar-refractivity contribution in [1.29, 1.82) is 0 Å². The number of rotatable bonds is 5. The fourth-order valence-corrected chi connectivity index (χ4v) is 5.28. The molecule has 190 valence electrons. The Labute approximate surface area is 212 Å². The number of nitrogens with one attached hydrogen (secondary N) is 1. The van der Waals surface area contributed by atoms with Gasteiger partial charge in [0, 0.05) is 62.3 Å². The minimum absolute atomic E-state index is 0.334. The van der Waals surface area contributed by atoms with E-state index in [1.165, 1.54) is 6.42 Å². The molecule has 9 nitrogen and oxygen atoms in total. The molecule has 0 aliphatic carbocycles. The lowest BCUT2D eigenvalue weighted by molar-refractivity contribution is 0.0522. The molecule has 0 radical (unpaired) electrons. The van der Waals surface area contributed by atoms with Gasteiger partial charge in [-0.25, -0.2) is 14.8 Å². The van der Waals surface area contributed by atoms with Gasteiger partial charge in [0.2, 0.25) is 0 Å². The largest absolute Gasteiger partial charge is 0.444 e. The number of hydrogen-bond acceptors (Lipinski definition) is 8. The number of alkyl carbamates (subject to hydrolysis) is 1. The molecule has 1 amide bonds. The first-order chi connectivity index (χ1) is 17.3. The van der Waals surface area contributed by atoms with Crippen molar-refractivity contribution in [3.8, 4) is 11.4 Å². The van der Waals surface area contributed by atoms with Crippen LogP contribution in [0.2, 0.25) is 0 Å². The summed E-state index contributed by atoms with van der Waals surface area (Å²) in [6, 6.07) is 5.90. The molecule has 9 heteroatoms. The summed E-state index contributed by atoms with van der Waals surface area (Å²) < 4.78 is 5.34. The van der Waals surface area contributed by atoms with E-state index in [-0.39, 0.29) is 6.09 Å². The maximum atomic E-state index is 11.9. The third-order valence-corrected chi connectivity index (χ3v) is 7.15. The Hall–Kier alpha value is -3.33. The zero-order valence-electron chi connectivity index (χ0n) is 21.4. The molecular formula is C27H35N7O2. The molecule has 36 heavy (non-hydrogen) atoms. The first kappa shape index (κ1) is 24.4. The lowest BCUT2D eigenvalue weighted by atomic mass is 9.78. The molecule has 3 aromatic heterocycles. The standard InChI is InChI=1S/C27H35N7O2/c1-26(2,3)36-25(35)30-13-17-33-14-7-27(19-33)8-15-34(16-9-27)24-21-6-12-29-18-22(21)31-23(32-24)20-4-10-28-11-5-20/h4-6,10-12,18H,7-9,13-17,19H2,1-3H3,(H,30,35). The van der Waals surface area contributed by atoms with Crippen molar-refractivity contribution in [2.75, 3.05) is 44.2 Å². The van der Waals surface area contributed by atoms with Crippen molar-refractivity contribution in [2.24, 2.45) is 5.41 Å². The highest BCUT2D eigenvalue weighted by Crippen LogP contribution is 2.41. The maximum Gasteiger partial charge on any atom is 0.407 e. The first-order valence-electron chi connectivity index (χ1n) is 12.8. The summed E-state index contributed by atoms with van der Waals surface area (Å²) in [4.78, 5) is 35.0. The molecule has 0 saturated carbocycles. The summed E-state index contributed by atoms with van der Waals surface area (Å²) in [5.41, 5.74) is 1.68. The van der Waals surface area contributed by atoms with Gasteiger partial charge >= 0.3 is 6.09 Å². The highest BCUT2D eigenvalue weighted by atomic mass is 16.6. The number of pyridine rings is 2. The van der Waals surface area contributed by atoms with Gasteiger partial charge in [0.05, 0.1) is 11.7 Å². The van der Waals surface area contributed by atoms with E-state index in [1.54, 1.807) is 12.4 Å². The van der Waals surface area contributed by atoms with Crippen molar-refractivity contribution in [3.05, 3.63) is 43.0 Å². The van der Waals surface area contributed by atoms with Crippen LogP contribution in [-0.4, -0.2) is 75.8 Å². The average Bonchev–Trinajstić information content (AvgIpc) is 3.25. The molecule has 2 aliphatic rings. The van der Waals surface area contributed by atoms with Crippen LogP contribution in [0.1, 0.15) is 40.0 Å². The quantitative estimate of drug-likeness (QED) is 0.576. The lowest BCUT2D eigenvalue weighted by Crippen LogP contribution is -2.43. The number of piperidine rings is 1. The normalized spacial score (nSPS) is 18.0. The highest BCUT2D eigenvalue weighted by Gasteiger charge is 2.40. The van der Waals surface area contributed by atoms with E-state index in [0.29, 0.717) is 17.8 Å². The van der Waals surface area contributed by atoms with Crippen LogP contribution in [0.5, 0.6) is 0 Å². The van der Waals surface area contributed by atoms with Crippen LogP contribution < -0.4 is 10.2 Å². The molecule has 1 spiro atoms. The second-order valence-corrected chi connectivity index (χ2v) is 10.9. The summed E-state index contributed by atoms with van der Waals surface area (Å²) in [6.07, 6.45) is 10.3. The Morgan fingerprint density at radius 1 is 1.03 bits per heavy atom. The molecule has 3 aromatic rings. The number of hydrogen-bond donors (Lipinski definition) is 1. The summed E-state index contributed by atoms with van der Waals surface area (Å²) in [6.45, 7) is 11.2. The number of nitrogens with zero attached hydrogens (tertiary/aromatic N) is 6. The average molecular weight is 490 g/mol. The lowest BCUT2D eigenvalue weighted by Gasteiger charge is -2.40. The fourth-order valence-electron chi connectivity index (χ4n) is 5.28. The van der Waals surface area contributed by atoms with E-state index in [0.717, 1.165) is 67.8 Å². The first-order valence-corrected chi connectivity index (χ1v) is 12.8. The van der Waals surface area contributed by atoms with Gasteiger partial charge in [0.15, 0.2) is 5.82 Å². The monoisotopic (exact) mass is 489 g/mol. The molecule has 2 saturated heterocycles. The number of likely N-dealkylation sites (tertiary alicyclic amines) is 1. The number of aromatic nitrogens is 4. The topological polar surface area (TPSA) is 96.4 Å². The van der Waals surface area contributed by atoms with Crippen LogP contribution in [0.25, 0.3) is 22.3 Å². The van der Waals surface area contributed by atoms with Crippen LogP contribution in [0, 0.1) is 5.41 Å². The predicted octanol–water partition coefficient (Wildman–Crippen LogP) is 3.90. The SMILES string of the molecule is CC(C)(C)OC(=O)NCCN1CCC2(CCN(c3nc(-c4ccncc4)nc4cnccc34)CC2)C1. The third kappa shape index (κ3) is 5.56. The number of ether oxygens (including phenoxy) is 1. The Kier molecular flexibility index (Phi) is 6.75. The maximum absolute atomic E-state index is 11.9. The minimum Gasteiger partial charge on any atom is -0.444 e. The zero-order chi connectivity index (χ0) is 25.2. The van der Waals surface area contributed by atoms with Crippen molar-refractivity contribution >= 4 is 22.8 Å². The van der Waals surface area contributed by atoms with Crippen molar-refractivity contribution in [2.45, 2.75) is 45.6 Å². The van der Waals surface area contributed by atoms with Crippen molar-refractivity contribution < 1.29 is 9.53 Å². The Morgan fingerprint density at radius 3 is 2.50 bits per heavy atom. The molecule has 0 aromatic carbocycles. The highest BCUT2D eigenvalue weighted by molar-refractivity contribution is 5.90. The van der Waals surface area contributed by atoms with E-state index in [9.17, 15) is 4.79 Å². The van der Waals surface area contributed by atoms with Gasteiger partial charge in [-0.15, -0.1) is 0 Å². The van der Waals surface area contributed by atoms with Gasteiger partial charge in [-0.3, -0.25) is 9.97 Å². The van der Waals surface area contributed by atoms with Gasteiger partial charge in [0.25, 0.3) is 0 Å². The fraction of sp³-hybridized carbons (Fsp3) is 0.519. The van der Waals surface area contributed by atoms with E-state index in [2.05, 4.69) is 25.1 Å². The van der Waals surface area contributed by atoms with Crippen LogP contribution in [0.3, 0.4) is 0 Å². The molecule has 5 heterocycles. The Balaban J connectivity index is 1.22. The Morgan fingerprint density at radius 2 is 1.75 bits per heavy atom. The van der Waals surface area contributed by atoms with Gasteiger partial charge < -0.3 is 19.9 Å². The van der Waals surface area contributed by atoms with E-state index < -0.39 is 5.60 Å². The molecule has 1 N–H and O–H groups in total. The van der Waals surface area contributed by atoms with Crippen LogP contribution >= 0.6 is 0 Å². The van der Waals surface area contributed by atoms with Gasteiger partial charge in [0.1, 0.15) is 11.4 Å².